The molecule has 16 heavy (non-hydrogen) atoms. The van der Waals surface area contributed by atoms with Crippen LogP contribution in [0.1, 0.15) is 12.5 Å². The summed E-state index contributed by atoms with van der Waals surface area (Å²) >= 11 is 1.97. The van der Waals surface area contributed by atoms with Gasteiger partial charge in [0.25, 0.3) is 0 Å². The third-order valence-electron chi connectivity index (χ3n) is 2.52. The maximum Gasteiger partial charge on any atom is 2.00 e. The van der Waals surface area contributed by atoms with Crippen molar-refractivity contribution in [3.05, 3.63) is 49.1 Å². The topological polar surface area (TPSA) is 0 Å². The molecule has 1 heterocycles. The number of rotatable bonds is 0. The average Bonchev–Trinajstić information content (AvgIpc) is 2.65. The Bertz CT molecular complexity index is 514. The Balaban J connectivity index is 0.000000750. The van der Waals surface area contributed by atoms with E-state index in [4.69, 9.17) is 0 Å². The minimum absolute atomic E-state index is 0. The van der Waals surface area contributed by atoms with Gasteiger partial charge in [0.05, 0.1) is 0 Å². The van der Waals surface area contributed by atoms with E-state index in [9.17, 15) is 0 Å². The summed E-state index contributed by atoms with van der Waals surface area (Å²) in [6, 6.07) is 4.44. The Labute approximate surface area is 122 Å². The molecule has 0 spiro atoms. The van der Waals surface area contributed by atoms with Crippen molar-refractivity contribution in [3.63, 3.8) is 0 Å². The fourth-order valence-electron chi connectivity index (χ4n) is 1.93. The predicted molar refractivity (Wildman–Crippen MR) is 71.8 cm³/mol. The molecule has 1 aromatic carbocycles. The Morgan fingerprint density at radius 3 is 2.56 bits per heavy atom. The molecule has 0 fully saturated rings. The summed E-state index contributed by atoms with van der Waals surface area (Å²) in [5, 5.41) is 3.42. The predicted octanol–water partition coefficient (Wildman–Crippen LogP) is 2.67. The van der Waals surface area contributed by atoms with Crippen LogP contribution in [0.15, 0.2) is 23.1 Å². The van der Waals surface area contributed by atoms with Gasteiger partial charge in [0.1, 0.15) is 0 Å². The summed E-state index contributed by atoms with van der Waals surface area (Å²) in [7, 11) is 0. The van der Waals surface area contributed by atoms with E-state index in [0.717, 1.165) is 0 Å². The van der Waals surface area contributed by atoms with Gasteiger partial charge < -0.3 is 14.9 Å². The minimum Gasteiger partial charge on any atom is -0.358 e. The number of allylic oxidation sites excluding steroid dienone is 1. The molecular formula is C14H16SZr. The SMILES string of the molecule is CC1C=c2ccc3c(c2S1)C=CC=3.[CH3-].[CH3-].[Zr+2]. The second-order valence-corrected chi connectivity index (χ2v) is 4.89. The van der Waals surface area contributed by atoms with E-state index in [-0.39, 0.29) is 41.1 Å². The summed E-state index contributed by atoms with van der Waals surface area (Å²) in [5.41, 5.74) is 1.42. The summed E-state index contributed by atoms with van der Waals surface area (Å²) in [5.74, 6) is 0. The van der Waals surface area contributed by atoms with Gasteiger partial charge in [-0.2, -0.15) is 0 Å². The minimum atomic E-state index is 0. The van der Waals surface area contributed by atoms with Crippen LogP contribution in [0.5, 0.6) is 0 Å². The molecule has 1 unspecified atom stereocenters. The molecule has 2 aliphatic rings. The Kier molecular flexibility index (Phi) is 6.00. The molecule has 1 aliphatic carbocycles. The van der Waals surface area contributed by atoms with Crippen LogP contribution in [-0.4, -0.2) is 5.25 Å². The van der Waals surface area contributed by atoms with E-state index < -0.39 is 0 Å². The zero-order valence-electron chi connectivity index (χ0n) is 9.95. The third-order valence-corrected chi connectivity index (χ3v) is 3.72. The van der Waals surface area contributed by atoms with Gasteiger partial charge in [-0.3, -0.25) is 0 Å². The Morgan fingerprint density at radius 2 is 1.81 bits per heavy atom. The van der Waals surface area contributed by atoms with Gasteiger partial charge in [0.2, 0.25) is 0 Å². The monoisotopic (exact) mass is 306 g/mol. The summed E-state index contributed by atoms with van der Waals surface area (Å²) in [6.45, 7) is 2.25. The van der Waals surface area contributed by atoms with Crippen LogP contribution in [0.25, 0.3) is 18.2 Å². The molecule has 1 aromatic rings. The Morgan fingerprint density at radius 1 is 1.12 bits per heavy atom. The molecule has 0 saturated carbocycles. The quantitative estimate of drug-likeness (QED) is 0.664. The first kappa shape index (κ1) is 15.9. The molecule has 1 atom stereocenters. The normalized spacial score (nSPS) is 17.9. The third kappa shape index (κ3) is 2.44. The zero-order valence-corrected chi connectivity index (χ0v) is 13.2. The fourth-order valence-corrected chi connectivity index (χ4v) is 3.10. The number of hydrogen-bond acceptors (Lipinski definition) is 1. The van der Waals surface area contributed by atoms with Crippen molar-refractivity contribution >= 4 is 30.0 Å². The number of hydrogen-bond donors (Lipinski definition) is 0. The van der Waals surface area contributed by atoms with E-state index in [1.165, 1.54) is 20.9 Å². The average molecular weight is 308 g/mol. The molecule has 0 N–H and O–H groups in total. The number of benzene rings is 1. The zero-order chi connectivity index (χ0) is 8.84. The van der Waals surface area contributed by atoms with Gasteiger partial charge in [0.15, 0.2) is 0 Å². The van der Waals surface area contributed by atoms with Gasteiger partial charge in [0, 0.05) is 10.1 Å². The van der Waals surface area contributed by atoms with Crippen LogP contribution < -0.4 is 10.4 Å². The van der Waals surface area contributed by atoms with Crippen LogP contribution >= 0.6 is 11.8 Å². The summed E-state index contributed by atoms with van der Waals surface area (Å²) in [6.07, 6.45) is 8.87. The standard InChI is InChI=1S/C12H10S.2CH3.Zr/c1-8-7-10-6-5-9-3-2-4-11(9)12(10)13-8;;;/h2-8H,1H3;2*1H3;/q;2*-1;+2. The Hall–Kier alpha value is -0.0669. The maximum absolute atomic E-state index is 2.34. The maximum atomic E-state index is 2.34. The number of fused-ring (bicyclic) bond motifs is 3. The van der Waals surface area contributed by atoms with Crippen LogP contribution in [0.3, 0.4) is 0 Å². The molecule has 3 rings (SSSR count). The molecule has 0 amide bonds. The molecule has 1 aliphatic heterocycles. The first-order valence-electron chi connectivity index (χ1n) is 4.54. The number of thioether (sulfide) groups is 1. The summed E-state index contributed by atoms with van der Waals surface area (Å²) in [4.78, 5) is 1.47. The smallest absolute Gasteiger partial charge is 0.358 e. The second-order valence-electron chi connectivity index (χ2n) is 3.50. The van der Waals surface area contributed by atoms with E-state index in [2.05, 4.69) is 43.4 Å². The summed E-state index contributed by atoms with van der Waals surface area (Å²) < 4.78 is 0. The fraction of sp³-hybridized carbons (Fsp3) is 0.143. The molecule has 0 bridgehead atoms. The van der Waals surface area contributed by atoms with Gasteiger partial charge >= 0.3 is 26.2 Å². The molecule has 82 valence electrons. The van der Waals surface area contributed by atoms with E-state index in [0.29, 0.717) is 5.25 Å². The van der Waals surface area contributed by atoms with Crippen LogP contribution in [0.4, 0.5) is 0 Å². The first-order chi connectivity index (χ1) is 6.34. The molecule has 0 radical (unpaired) electrons. The van der Waals surface area contributed by atoms with Crippen molar-refractivity contribution in [3.8, 4) is 0 Å². The van der Waals surface area contributed by atoms with E-state index in [1.807, 2.05) is 11.8 Å². The van der Waals surface area contributed by atoms with Crippen molar-refractivity contribution in [1.82, 2.24) is 0 Å². The molecular weight excluding hydrogens is 291 g/mol. The van der Waals surface area contributed by atoms with Crippen molar-refractivity contribution in [2.45, 2.75) is 17.1 Å². The largest absolute Gasteiger partial charge is 2.00 e. The van der Waals surface area contributed by atoms with Crippen molar-refractivity contribution < 1.29 is 26.2 Å². The first-order valence-corrected chi connectivity index (χ1v) is 5.42. The van der Waals surface area contributed by atoms with Gasteiger partial charge in [-0.25, -0.2) is 0 Å². The van der Waals surface area contributed by atoms with Gasteiger partial charge in [-0.15, -0.1) is 11.8 Å². The van der Waals surface area contributed by atoms with Crippen LogP contribution in [0.2, 0.25) is 0 Å². The van der Waals surface area contributed by atoms with E-state index in [1.54, 1.807) is 0 Å². The van der Waals surface area contributed by atoms with Gasteiger partial charge in [-0.1, -0.05) is 36.4 Å². The van der Waals surface area contributed by atoms with Crippen molar-refractivity contribution in [2.75, 3.05) is 0 Å². The van der Waals surface area contributed by atoms with Crippen molar-refractivity contribution in [2.24, 2.45) is 0 Å². The van der Waals surface area contributed by atoms with Gasteiger partial charge in [-0.05, 0) is 22.9 Å². The molecule has 2 heteroatoms. The van der Waals surface area contributed by atoms with Crippen LogP contribution in [-0.2, 0) is 26.2 Å². The molecule has 0 nitrogen and oxygen atoms in total. The second kappa shape index (κ2) is 6.03. The van der Waals surface area contributed by atoms with Crippen LogP contribution in [0, 0.1) is 14.9 Å². The molecule has 0 saturated heterocycles. The van der Waals surface area contributed by atoms with E-state index >= 15 is 0 Å². The van der Waals surface area contributed by atoms with Crippen molar-refractivity contribution in [1.29, 1.82) is 0 Å². The molecule has 0 aromatic heterocycles.